The topological polar surface area (TPSA) is 161 Å². The molecule has 17 heavy (non-hydrogen) atoms. The van der Waals surface area contributed by atoms with E-state index in [0.717, 1.165) is 0 Å². The van der Waals surface area contributed by atoms with Gasteiger partial charge in [-0.2, -0.15) is 0 Å². The van der Waals surface area contributed by atoms with Crippen molar-refractivity contribution in [3.63, 3.8) is 0 Å². The molecule has 0 aliphatic heterocycles. The zero-order chi connectivity index (χ0) is 13.6. The number of rotatable bonds is 6. The molecule has 0 aromatic heterocycles. The second-order valence-electron chi connectivity index (χ2n) is 2.93. The number of carboxylic acid groups (broad SMARTS) is 2. The number of hydrogen-bond donors (Lipinski definition) is 4. The van der Waals surface area contributed by atoms with Gasteiger partial charge in [-0.25, -0.2) is 9.59 Å². The summed E-state index contributed by atoms with van der Waals surface area (Å²) in [5.74, 6) is -5.10. The van der Waals surface area contributed by atoms with Crippen molar-refractivity contribution in [1.82, 2.24) is 0 Å². The lowest BCUT2D eigenvalue weighted by Gasteiger charge is -2.02. The summed E-state index contributed by atoms with van der Waals surface area (Å²) in [7, 11) is 0. The second kappa shape index (κ2) is 6.05. The van der Waals surface area contributed by atoms with Crippen LogP contribution >= 0.6 is 0 Å². The first kappa shape index (κ1) is 14.4. The molecule has 2 amide bonds. The molecular weight excluding hydrogens is 232 g/mol. The summed E-state index contributed by atoms with van der Waals surface area (Å²) in [4.78, 5) is 42.4. The van der Waals surface area contributed by atoms with Gasteiger partial charge in [-0.15, -0.1) is 0 Å². The lowest BCUT2D eigenvalue weighted by molar-refractivity contribution is -0.133. The third-order valence-corrected chi connectivity index (χ3v) is 1.56. The number of hydrogen-bond acceptors (Lipinski definition) is 4. The van der Waals surface area contributed by atoms with Crippen LogP contribution in [0.15, 0.2) is 23.3 Å². The van der Waals surface area contributed by atoms with Gasteiger partial charge < -0.3 is 21.7 Å². The monoisotopic (exact) mass is 242 g/mol. The molecule has 0 radical (unpaired) electrons. The lowest BCUT2D eigenvalue weighted by Crippen LogP contribution is -2.15. The molecule has 0 aromatic rings. The fraction of sp³-hybridized carbons (Fsp3) is 0.111. The van der Waals surface area contributed by atoms with E-state index in [9.17, 15) is 19.2 Å². The third-order valence-electron chi connectivity index (χ3n) is 1.56. The number of aliphatic carboxylic acids is 2. The van der Waals surface area contributed by atoms with Crippen molar-refractivity contribution in [1.29, 1.82) is 0 Å². The minimum Gasteiger partial charge on any atom is -0.478 e. The smallest absolute Gasteiger partial charge is 0.332 e. The highest BCUT2D eigenvalue weighted by atomic mass is 16.4. The van der Waals surface area contributed by atoms with Crippen LogP contribution in [0, 0.1) is 0 Å². The molecular formula is C9H10N2O6. The number of nitrogens with two attached hydrogens (primary N) is 2. The molecule has 0 rings (SSSR count). The predicted octanol–water partition coefficient (Wildman–Crippen LogP) is -1.63. The zero-order valence-corrected chi connectivity index (χ0v) is 8.54. The van der Waals surface area contributed by atoms with Crippen molar-refractivity contribution in [3.05, 3.63) is 23.3 Å². The van der Waals surface area contributed by atoms with Crippen LogP contribution in [0.2, 0.25) is 0 Å². The number of primary amides is 2. The molecule has 0 unspecified atom stereocenters. The van der Waals surface area contributed by atoms with Crippen molar-refractivity contribution in [2.75, 3.05) is 0 Å². The minimum atomic E-state index is -1.51. The Bertz CT molecular complexity index is 395. The minimum absolute atomic E-state index is 0.549. The van der Waals surface area contributed by atoms with E-state index in [-0.39, 0.29) is 0 Å². The first-order valence-electron chi connectivity index (χ1n) is 4.20. The molecule has 0 fully saturated rings. The van der Waals surface area contributed by atoms with E-state index in [0.29, 0.717) is 12.2 Å². The van der Waals surface area contributed by atoms with Crippen molar-refractivity contribution in [2.24, 2.45) is 11.5 Å². The van der Waals surface area contributed by atoms with Gasteiger partial charge in [0.15, 0.2) is 0 Å². The Balaban J connectivity index is 5.22. The SMILES string of the molecule is NC(=O)C=C(CC(=CC(N)=O)C(=O)O)C(=O)O. The van der Waals surface area contributed by atoms with Gasteiger partial charge >= 0.3 is 11.9 Å². The molecule has 0 bridgehead atoms. The Kier molecular flexibility index (Phi) is 5.11. The number of carboxylic acids is 2. The van der Waals surface area contributed by atoms with E-state index < -0.39 is 41.3 Å². The van der Waals surface area contributed by atoms with Gasteiger partial charge in [0.05, 0.1) is 0 Å². The van der Waals surface area contributed by atoms with E-state index >= 15 is 0 Å². The van der Waals surface area contributed by atoms with Gasteiger partial charge in [-0.3, -0.25) is 9.59 Å². The summed E-state index contributed by atoms with van der Waals surface area (Å²) >= 11 is 0. The fourth-order valence-electron chi connectivity index (χ4n) is 0.925. The molecule has 8 nitrogen and oxygen atoms in total. The summed E-state index contributed by atoms with van der Waals surface area (Å²) in [5, 5.41) is 17.3. The molecule has 92 valence electrons. The van der Waals surface area contributed by atoms with Gasteiger partial charge in [0.25, 0.3) is 0 Å². The largest absolute Gasteiger partial charge is 0.478 e. The highest BCUT2D eigenvalue weighted by Crippen LogP contribution is 2.11. The van der Waals surface area contributed by atoms with E-state index in [4.69, 9.17) is 21.7 Å². The van der Waals surface area contributed by atoms with Crippen LogP contribution in [0.1, 0.15) is 6.42 Å². The molecule has 0 aliphatic carbocycles. The molecule has 0 saturated heterocycles. The summed E-state index contributed by atoms with van der Waals surface area (Å²) in [5.41, 5.74) is 8.40. The number of carbonyl (C=O) groups is 4. The Labute approximate surface area is 95.2 Å². The number of amides is 2. The van der Waals surface area contributed by atoms with Crippen LogP contribution in [0.3, 0.4) is 0 Å². The van der Waals surface area contributed by atoms with Gasteiger partial charge in [0.1, 0.15) is 0 Å². The van der Waals surface area contributed by atoms with Crippen LogP contribution < -0.4 is 11.5 Å². The van der Waals surface area contributed by atoms with Gasteiger partial charge in [0, 0.05) is 29.7 Å². The maximum atomic E-state index is 10.7. The second-order valence-corrected chi connectivity index (χ2v) is 2.93. The summed E-state index contributed by atoms with van der Waals surface area (Å²) in [6.45, 7) is 0. The molecule has 0 saturated carbocycles. The van der Waals surface area contributed by atoms with Crippen LogP contribution in [0.5, 0.6) is 0 Å². The molecule has 0 aromatic carbocycles. The quantitative estimate of drug-likeness (QED) is 0.409. The van der Waals surface area contributed by atoms with E-state index in [2.05, 4.69) is 0 Å². The number of carbonyl (C=O) groups excluding carboxylic acids is 2. The molecule has 0 aliphatic rings. The summed E-state index contributed by atoms with van der Waals surface area (Å²) in [6.07, 6.45) is 0.497. The van der Waals surface area contributed by atoms with Crippen LogP contribution in [0.4, 0.5) is 0 Å². The van der Waals surface area contributed by atoms with E-state index in [1.807, 2.05) is 0 Å². The van der Waals surface area contributed by atoms with Crippen LogP contribution in [-0.2, 0) is 19.2 Å². The van der Waals surface area contributed by atoms with E-state index in [1.54, 1.807) is 0 Å². The Morgan fingerprint density at radius 2 is 1.12 bits per heavy atom. The Morgan fingerprint density at radius 3 is 1.29 bits per heavy atom. The van der Waals surface area contributed by atoms with Crippen molar-refractivity contribution < 1.29 is 29.4 Å². The average molecular weight is 242 g/mol. The highest BCUT2D eigenvalue weighted by molar-refractivity contribution is 6.01. The molecule has 0 spiro atoms. The van der Waals surface area contributed by atoms with Gasteiger partial charge in [-0.1, -0.05) is 0 Å². The lowest BCUT2D eigenvalue weighted by atomic mass is 10.0. The van der Waals surface area contributed by atoms with Gasteiger partial charge in [0.2, 0.25) is 11.8 Å². The van der Waals surface area contributed by atoms with Crippen molar-refractivity contribution in [3.8, 4) is 0 Å². The molecule has 8 heteroatoms. The highest BCUT2D eigenvalue weighted by Gasteiger charge is 2.16. The van der Waals surface area contributed by atoms with Crippen LogP contribution in [-0.4, -0.2) is 34.0 Å². The molecule has 6 N–H and O–H groups in total. The molecule has 0 atom stereocenters. The summed E-state index contributed by atoms with van der Waals surface area (Å²) in [6, 6.07) is 0. The standard InChI is InChI=1S/C9H10N2O6/c10-6(12)2-4(8(14)15)1-5(9(16)17)3-7(11)13/h2-3H,1H2,(H2,10,12)(H2,11,13)(H,14,15)(H,16,17). The van der Waals surface area contributed by atoms with Crippen LogP contribution in [0.25, 0.3) is 0 Å². The van der Waals surface area contributed by atoms with Gasteiger partial charge in [-0.05, 0) is 0 Å². The van der Waals surface area contributed by atoms with Crippen molar-refractivity contribution >= 4 is 23.8 Å². The van der Waals surface area contributed by atoms with Crippen molar-refractivity contribution in [2.45, 2.75) is 6.42 Å². The third kappa shape index (κ3) is 5.72. The Morgan fingerprint density at radius 1 is 0.824 bits per heavy atom. The first-order chi connectivity index (χ1) is 7.73. The predicted molar refractivity (Wildman–Crippen MR) is 54.4 cm³/mol. The average Bonchev–Trinajstić information content (AvgIpc) is 2.13. The zero-order valence-electron chi connectivity index (χ0n) is 8.54. The normalized spacial score (nSPS) is 12.0. The maximum Gasteiger partial charge on any atom is 0.332 e. The fourth-order valence-corrected chi connectivity index (χ4v) is 0.925. The Hall–Kier alpha value is -2.64. The van der Waals surface area contributed by atoms with E-state index in [1.165, 1.54) is 0 Å². The molecule has 0 heterocycles. The first-order valence-corrected chi connectivity index (χ1v) is 4.20. The summed E-state index contributed by atoms with van der Waals surface area (Å²) < 4.78 is 0. The maximum absolute atomic E-state index is 10.7.